The van der Waals surface area contributed by atoms with Crippen LogP contribution in [0.4, 0.5) is 35.2 Å². The zero-order valence-corrected chi connectivity index (χ0v) is 39.7. The number of alkyl halides is 3. The van der Waals surface area contributed by atoms with Crippen LogP contribution in [0.3, 0.4) is 0 Å². The Hall–Kier alpha value is -7.39. The lowest BCUT2D eigenvalue weighted by atomic mass is 10.1. The maximum atomic E-state index is 13.6. The van der Waals surface area contributed by atoms with Crippen LogP contribution in [0.15, 0.2) is 126 Å². The quantitative estimate of drug-likeness (QED) is 0.0501. The summed E-state index contributed by atoms with van der Waals surface area (Å²) in [5.41, 5.74) is 7.35. The van der Waals surface area contributed by atoms with Gasteiger partial charge in [-0.2, -0.15) is 13.2 Å². The van der Waals surface area contributed by atoms with Gasteiger partial charge in [-0.3, -0.25) is 14.5 Å². The summed E-state index contributed by atoms with van der Waals surface area (Å²) >= 11 is 1.74. The van der Waals surface area contributed by atoms with Crippen molar-refractivity contribution in [2.75, 3.05) is 48.4 Å². The Morgan fingerprint density at radius 3 is 2.41 bits per heavy atom. The van der Waals surface area contributed by atoms with E-state index in [0.29, 0.717) is 79.6 Å². The number of ether oxygens (including phenoxy) is 1. The lowest BCUT2D eigenvalue weighted by Crippen LogP contribution is -2.36. The molecule has 0 unspecified atom stereocenters. The normalized spacial score (nSPS) is 13.2. The number of rotatable bonds is 18. The fraction of sp³-hybridized carbons (Fsp3) is 0.259. The zero-order valence-electron chi connectivity index (χ0n) is 38.9. The molecule has 0 saturated carbocycles. The van der Waals surface area contributed by atoms with Gasteiger partial charge >= 0.3 is 12.2 Å². The van der Waals surface area contributed by atoms with Crippen molar-refractivity contribution in [2.45, 2.75) is 58.7 Å². The van der Waals surface area contributed by atoms with Gasteiger partial charge < -0.3 is 30.6 Å². The number of unbranched alkanes of at least 4 members (excludes halogenated alkanes) is 2. The Morgan fingerprint density at radius 2 is 1.64 bits per heavy atom. The first-order valence-electron chi connectivity index (χ1n) is 22.9. The molecule has 358 valence electrons. The minimum Gasteiger partial charge on any atom is -0.484 e. The molecule has 3 aromatic carbocycles. The lowest BCUT2D eigenvalue weighted by molar-refractivity contribution is -0.137. The maximum Gasteiger partial charge on any atom is 0.416 e. The number of carbonyl (C=O) groups excluding carboxylic acids is 3. The number of nitrogens with zero attached hydrogens (tertiary/aromatic N) is 3. The van der Waals surface area contributed by atoms with Crippen LogP contribution < -0.4 is 30.5 Å². The van der Waals surface area contributed by atoms with Gasteiger partial charge in [0.25, 0.3) is 5.91 Å². The average molecular weight is 956 g/mol. The summed E-state index contributed by atoms with van der Waals surface area (Å²) in [6.07, 6.45) is 7.03. The molecule has 3 aromatic heterocycles. The number of halogens is 3. The van der Waals surface area contributed by atoms with E-state index in [2.05, 4.69) is 75.5 Å². The third-order valence-electron chi connectivity index (χ3n) is 11.4. The number of pyridine rings is 1. The number of benzene rings is 3. The van der Waals surface area contributed by atoms with Crippen molar-refractivity contribution in [3.8, 4) is 17.0 Å². The first-order chi connectivity index (χ1) is 33.3. The van der Waals surface area contributed by atoms with Crippen LogP contribution >= 0.6 is 11.3 Å². The first kappa shape index (κ1) is 49.5. The topological polar surface area (TPSA) is 132 Å². The molecule has 0 aliphatic carbocycles. The van der Waals surface area contributed by atoms with Gasteiger partial charge in [0, 0.05) is 67.2 Å². The third-order valence-corrected chi connectivity index (χ3v) is 12.4. The minimum atomic E-state index is -4.50. The largest absolute Gasteiger partial charge is 0.484 e. The van der Waals surface area contributed by atoms with E-state index < -0.39 is 17.8 Å². The first-order valence-corrected chi connectivity index (χ1v) is 23.8. The predicted octanol–water partition coefficient (Wildman–Crippen LogP) is 12.1. The molecule has 15 heteroatoms. The second kappa shape index (κ2) is 23.6. The highest BCUT2D eigenvalue weighted by molar-refractivity contribution is 7.11. The molecular weight excluding hydrogens is 900 g/mol. The highest BCUT2D eigenvalue weighted by Crippen LogP contribution is 2.36. The molecule has 0 fully saturated rings. The second-order valence-electron chi connectivity index (χ2n) is 16.9. The summed E-state index contributed by atoms with van der Waals surface area (Å²) in [7, 11) is 1.89. The van der Waals surface area contributed by atoms with Gasteiger partial charge in [-0.25, -0.2) is 9.78 Å². The van der Waals surface area contributed by atoms with Crippen LogP contribution in [0.25, 0.3) is 35.1 Å². The molecule has 7 rings (SSSR count). The van der Waals surface area contributed by atoms with Gasteiger partial charge in [0.05, 0.1) is 16.9 Å². The van der Waals surface area contributed by atoms with Gasteiger partial charge in [-0.15, -0.1) is 11.3 Å². The summed E-state index contributed by atoms with van der Waals surface area (Å²) in [5.74, 6) is 0.659. The van der Waals surface area contributed by atoms with Crippen molar-refractivity contribution in [1.82, 2.24) is 20.6 Å². The van der Waals surface area contributed by atoms with E-state index in [0.717, 1.165) is 47.5 Å². The summed E-state index contributed by atoms with van der Waals surface area (Å²) in [4.78, 5) is 51.5. The fourth-order valence-corrected chi connectivity index (χ4v) is 8.42. The van der Waals surface area contributed by atoms with E-state index in [-0.39, 0.29) is 18.4 Å². The lowest BCUT2D eigenvalue weighted by Gasteiger charge is -2.24. The minimum absolute atomic E-state index is 0.0847. The van der Waals surface area contributed by atoms with Crippen molar-refractivity contribution >= 4 is 70.2 Å². The zero-order chi connectivity index (χ0) is 48.8. The number of hydrogen-bond acceptors (Lipinski definition) is 7. The molecule has 6 aromatic rings. The van der Waals surface area contributed by atoms with E-state index in [1.165, 1.54) is 27.0 Å². The van der Waals surface area contributed by atoms with Gasteiger partial charge in [0.15, 0.2) is 12.4 Å². The van der Waals surface area contributed by atoms with E-state index in [1.54, 1.807) is 41.7 Å². The number of aromatic nitrogens is 2. The number of amides is 4. The summed E-state index contributed by atoms with van der Waals surface area (Å²) < 4.78 is 46.0. The molecule has 0 atom stereocenters. The van der Waals surface area contributed by atoms with E-state index in [4.69, 9.17) is 4.74 Å². The Bertz CT molecular complexity index is 2780. The number of anilines is 3. The van der Waals surface area contributed by atoms with Crippen LogP contribution in [-0.4, -0.2) is 61.1 Å². The highest BCUT2D eigenvalue weighted by Gasteiger charge is 2.31. The van der Waals surface area contributed by atoms with Gasteiger partial charge in [-0.1, -0.05) is 61.0 Å². The molecule has 0 bridgehead atoms. The summed E-state index contributed by atoms with van der Waals surface area (Å²) in [6, 6.07) is 31.0. The molecule has 4 heterocycles. The predicted molar refractivity (Wildman–Crippen MR) is 272 cm³/mol. The smallest absolute Gasteiger partial charge is 0.416 e. The standard InChI is InChI=1S/C54H56F3N7O4S/c1-37(32-38(2)49-12-8-31-69-49)33-45-23-22-43(60-45)19-14-39-17-24-46(25-18-39)68-36-51(66)58-28-6-4-5-13-50(65)59-35-40-15-20-44(21-16-40)61-53(67)64-30-9-29-63(3)48-27-26-47(62-52(48)64)41-10-7-11-42(34-41)54(55,56)57/h7-8,10-12,14-27,31-34,60H,4-6,9,13,28-30,35-36H2,1-3H3,(H,58,66)(H,59,65)(H,61,67)/b19-14+,37-33+,38-32+. The Morgan fingerprint density at radius 1 is 0.841 bits per heavy atom. The van der Waals surface area contributed by atoms with Gasteiger partial charge in [-0.05, 0) is 140 Å². The number of urea groups is 1. The number of nitrogens with one attached hydrogen (secondary N) is 4. The van der Waals surface area contributed by atoms with Crippen LogP contribution in [0.2, 0.25) is 0 Å². The van der Waals surface area contributed by atoms with E-state index in [9.17, 15) is 27.6 Å². The third kappa shape index (κ3) is 14.6. The number of carbonyl (C=O) groups is 3. The second-order valence-corrected chi connectivity index (χ2v) is 17.8. The van der Waals surface area contributed by atoms with Crippen LogP contribution in [0.5, 0.6) is 5.75 Å². The molecule has 0 radical (unpaired) electrons. The van der Waals surface area contributed by atoms with Crippen LogP contribution in [0.1, 0.15) is 78.9 Å². The molecule has 11 nitrogen and oxygen atoms in total. The molecule has 0 saturated heterocycles. The van der Waals surface area contributed by atoms with Crippen molar-refractivity contribution in [1.29, 1.82) is 0 Å². The average Bonchev–Trinajstić information content (AvgIpc) is 4.02. The highest BCUT2D eigenvalue weighted by atomic mass is 32.1. The van der Waals surface area contributed by atoms with E-state index in [1.807, 2.05) is 66.6 Å². The fourth-order valence-electron chi connectivity index (χ4n) is 7.72. The number of aromatic amines is 1. The Balaban J connectivity index is 0.768. The Kier molecular flexibility index (Phi) is 16.9. The Labute approximate surface area is 404 Å². The van der Waals surface area contributed by atoms with Crippen molar-refractivity contribution in [2.24, 2.45) is 0 Å². The SMILES string of the molecule is CC(=C\c1ccc(/C=C/c2ccc(OCC(=O)NCCCCCC(=O)NCc3ccc(NC(=O)N4CCCN(C)c5ccc(-c6cccc(C(F)(F)F)c6)nc54)cc3)cc2)[nH]1)/C=C(\C)c1cccs1. The molecule has 4 amide bonds. The number of fused-ring (bicyclic) bond motifs is 1. The van der Waals surface area contributed by atoms with Crippen molar-refractivity contribution in [3.05, 3.63) is 159 Å². The number of thiophene rings is 1. The van der Waals surface area contributed by atoms with Crippen LogP contribution in [-0.2, 0) is 22.3 Å². The number of H-pyrrole nitrogens is 1. The summed E-state index contributed by atoms with van der Waals surface area (Å²) in [6.45, 7) is 5.95. The van der Waals surface area contributed by atoms with Crippen LogP contribution in [0, 0.1) is 0 Å². The number of allylic oxidation sites excluding steroid dienone is 3. The molecule has 69 heavy (non-hydrogen) atoms. The van der Waals surface area contributed by atoms with Gasteiger partial charge in [0.1, 0.15) is 5.75 Å². The molecule has 1 aliphatic heterocycles. The number of hydrogen-bond donors (Lipinski definition) is 4. The molecule has 0 spiro atoms. The van der Waals surface area contributed by atoms with E-state index >= 15 is 0 Å². The van der Waals surface area contributed by atoms with Crippen molar-refractivity contribution < 1.29 is 32.3 Å². The molecule has 4 N–H and O–H groups in total. The molecular formula is C54H56F3N7O4S. The van der Waals surface area contributed by atoms with Crippen molar-refractivity contribution in [3.63, 3.8) is 0 Å². The molecule has 1 aliphatic rings. The van der Waals surface area contributed by atoms with Gasteiger partial charge in [0.2, 0.25) is 5.91 Å². The monoisotopic (exact) mass is 955 g/mol. The maximum absolute atomic E-state index is 13.6. The summed E-state index contributed by atoms with van der Waals surface area (Å²) in [5, 5.41) is 10.8.